The molecule has 3 nitrogen and oxygen atoms in total. The number of carbonyl (C=O) groups excluding carboxylic acids is 1. The number of ether oxygens (including phenoxy) is 1. The van der Waals surface area contributed by atoms with Gasteiger partial charge in [0.05, 0.1) is 12.3 Å². The summed E-state index contributed by atoms with van der Waals surface area (Å²) in [4.78, 5) is 15.0. The van der Waals surface area contributed by atoms with E-state index in [0.29, 0.717) is 19.6 Å². The first kappa shape index (κ1) is 20.4. The minimum atomic E-state index is 0.0821. The van der Waals surface area contributed by atoms with Crippen molar-refractivity contribution >= 4 is 17.7 Å². The van der Waals surface area contributed by atoms with Crippen LogP contribution in [0.25, 0.3) is 6.08 Å². The number of hydrogen-bond acceptors (Lipinski definition) is 2. The Morgan fingerprint density at radius 1 is 0.897 bits per heavy atom. The molecule has 29 heavy (non-hydrogen) atoms. The van der Waals surface area contributed by atoms with Gasteiger partial charge in [0.1, 0.15) is 5.75 Å². The van der Waals surface area contributed by atoms with E-state index >= 15 is 0 Å². The van der Waals surface area contributed by atoms with Gasteiger partial charge in [0.25, 0.3) is 0 Å². The molecule has 0 aliphatic carbocycles. The molecular weight excluding hydrogens is 358 g/mol. The summed E-state index contributed by atoms with van der Waals surface area (Å²) >= 11 is 0. The van der Waals surface area contributed by atoms with Crippen LogP contribution >= 0.6 is 0 Å². The minimum absolute atomic E-state index is 0.0821. The minimum Gasteiger partial charge on any atom is -0.492 e. The molecule has 3 rings (SSSR count). The Morgan fingerprint density at radius 2 is 1.55 bits per heavy atom. The Bertz CT molecular complexity index is 920. The topological polar surface area (TPSA) is 29.5 Å². The monoisotopic (exact) mass is 385 g/mol. The number of nitrogens with zero attached hydrogens (tertiary/aromatic N) is 1. The third-order valence-electron chi connectivity index (χ3n) is 4.63. The van der Waals surface area contributed by atoms with Gasteiger partial charge >= 0.3 is 0 Å². The maximum atomic E-state index is 13.2. The highest BCUT2D eigenvalue weighted by Gasteiger charge is 2.18. The summed E-state index contributed by atoms with van der Waals surface area (Å²) < 4.78 is 5.78. The fraction of sp³-hybridized carbons (Fsp3) is 0.192. The molecule has 3 aromatic carbocycles. The van der Waals surface area contributed by atoms with Crippen LogP contribution in [0.2, 0.25) is 0 Å². The molecule has 0 heterocycles. The van der Waals surface area contributed by atoms with Gasteiger partial charge in [-0.15, -0.1) is 0 Å². The standard InChI is InChI=1S/C26H27NO2/c1-2-29-25-18-10-9-17-24(25)27(21-11-16-22-12-5-3-6-13-22)26(28)20-19-23-14-7-4-8-15-23/h3-18H,2,19-21H2,1H3/b16-11+. The van der Waals surface area contributed by atoms with Crippen LogP contribution in [0.4, 0.5) is 5.69 Å². The molecule has 0 bridgehead atoms. The van der Waals surface area contributed by atoms with E-state index < -0.39 is 0 Å². The Balaban J connectivity index is 1.79. The van der Waals surface area contributed by atoms with Gasteiger partial charge in [-0.3, -0.25) is 4.79 Å². The first-order valence-corrected chi connectivity index (χ1v) is 10.1. The van der Waals surface area contributed by atoms with Crippen LogP contribution < -0.4 is 9.64 Å². The average Bonchev–Trinajstić information content (AvgIpc) is 2.77. The average molecular weight is 386 g/mol. The third kappa shape index (κ3) is 6.08. The lowest BCUT2D eigenvalue weighted by atomic mass is 10.1. The smallest absolute Gasteiger partial charge is 0.227 e. The maximum absolute atomic E-state index is 13.2. The van der Waals surface area contributed by atoms with Gasteiger partial charge in [-0.05, 0) is 36.6 Å². The van der Waals surface area contributed by atoms with Crippen LogP contribution in [0.3, 0.4) is 0 Å². The van der Waals surface area contributed by atoms with E-state index in [1.807, 2.05) is 96.8 Å². The van der Waals surface area contributed by atoms with E-state index in [2.05, 4.69) is 12.1 Å². The highest BCUT2D eigenvalue weighted by molar-refractivity contribution is 5.95. The highest BCUT2D eigenvalue weighted by atomic mass is 16.5. The molecule has 1 amide bonds. The van der Waals surface area contributed by atoms with Crippen molar-refractivity contribution < 1.29 is 9.53 Å². The van der Waals surface area contributed by atoms with Crippen LogP contribution in [0.15, 0.2) is 91.0 Å². The van der Waals surface area contributed by atoms with Gasteiger partial charge in [-0.25, -0.2) is 0 Å². The van der Waals surface area contributed by atoms with E-state index in [4.69, 9.17) is 4.74 Å². The second-order valence-electron chi connectivity index (χ2n) is 6.70. The number of anilines is 1. The van der Waals surface area contributed by atoms with Crippen LogP contribution in [0.1, 0.15) is 24.5 Å². The molecule has 0 N–H and O–H groups in total. The zero-order valence-electron chi connectivity index (χ0n) is 16.8. The number of amides is 1. The molecule has 0 saturated heterocycles. The largest absolute Gasteiger partial charge is 0.492 e. The zero-order valence-corrected chi connectivity index (χ0v) is 16.8. The summed E-state index contributed by atoms with van der Waals surface area (Å²) in [7, 11) is 0. The number of hydrogen-bond donors (Lipinski definition) is 0. The van der Waals surface area contributed by atoms with Crippen LogP contribution in [-0.2, 0) is 11.2 Å². The molecule has 3 heteroatoms. The van der Waals surface area contributed by atoms with E-state index in [0.717, 1.165) is 23.4 Å². The molecule has 0 aliphatic heterocycles. The fourth-order valence-electron chi connectivity index (χ4n) is 3.18. The summed E-state index contributed by atoms with van der Waals surface area (Å²) in [6, 6.07) is 27.9. The molecule has 0 saturated carbocycles. The Labute approximate surface area is 173 Å². The first-order valence-electron chi connectivity index (χ1n) is 10.1. The maximum Gasteiger partial charge on any atom is 0.227 e. The van der Waals surface area contributed by atoms with Crippen molar-refractivity contribution in [3.8, 4) is 5.75 Å². The van der Waals surface area contributed by atoms with E-state index in [1.54, 1.807) is 0 Å². The van der Waals surface area contributed by atoms with Gasteiger partial charge < -0.3 is 9.64 Å². The molecule has 0 fully saturated rings. The number of benzene rings is 3. The van der Waals surface area contributed by atoms with Crippen LogP contribution in [0, 0.1) is 0 Å². The highest BCUT2D eigenvalue weighted by Crippen LogP contribution is 2.29. The van der Waals surface area contributed by atoms with Crippen molar-refractivity contribution in [3.05, 3.63) is 102 Å². The summed E-state index contributed by atoms with van der Waals surface area (Å²) in [5.74, 6) is 0.815. The fourth-order valence-corrected chi connectivity index (χ4v) is 3.18. The molecule has 0 aliphatic rings. The van der Waals surface area contributed by atoms with Gasteiger partial charge in [0.15, 0.2) is 0 Å². The van der Waals surface area contributed by atoms with Crippen molar-refractivity contribution in [3.63, 3.8) is 0 Å². The van der Waals surface area contributed by atoms with Crippen molar-refractivity contribution in [1.82, 2.24) is 0 Å². The van der Waals surface area contributed by atoms with Gasteiger partial charge in [0, 0.05) is 13.0 Å². The van der Waals surface area contributed by atoms with E-state index in [1.165, 1.54) is 5.56 Å². The normalized spacial score (nSPS) is 10.8. The lowest BCUT2D eigenvalue weighted by Gasteiger charge is -2.24. The SMILES string of the molecule is CCOc1ccccc1N(C/C=C/c1ccccc1)C(=O)CCc1ccccc1. The molecule has 0 atom stereocenters. The van der Waals surface area contributed by atoms with Crippen molar-refractivity contribution in [1.29, 1.82) is 0 Å². The predicted molar refractivity (Wildman–Crippen MR) is 120 cm³/mol. The summed E-state index contributed by atoms with van der Waals surface area (Å²) in [6.07, 6.45) is 5.23. The summed E-state index contributed by atoms with van der Waals surface area (Å²) in [5, 5.41) is 0. The van der Waals surface area contributed by atoms with Crippen LogP contribution in [-0.4, -0.2) is 19.1 Å². The Kier molecular flexibility index (Phi) is 7.64. The second kappa shape index (κ2) is 10.9. The van der Waals surface area contributed by atoms with Crippen LogP contribution in [0.5, 0.6) is 5.75 Å². The lowest BCUT2D eigenvalue weighted by molar-refractivity contribution is -0.118. The summed E-state index contributed by atoms with van der Waals surface area (Å²) in [6.45, 7) is 3.00. The molecule has 0 unspecified atom stereocenters. The van der Waals surface area contributed by atoms with Gasteiger partial charge in [-0.1, -0.05) is 84.9 Å². The number of para-hydroxylation sites is 2. The molecular formula is C26H27NO2. The van der Waals surface area contributed by atoms with Gasteiger partial charge in [-0.2, -0.15) is 0 Å². The van der Waals surface area contributed by atoms with Crippen molar-refractivity contribution in [2.24, 2.45) is 0 Å². The van der Waals surface area contributed by atoms with E-state index in [9.17, 15) is 4.79 Å². The van der Waals surface area contributed by atoms with Crippen molar-refractivity contribution in [2.45, 2.75) is 19.8 Å². The molecule has 0 aromatic heterocycles. The second-order valence-corrected chi connectivity index (χ2v) is 6.70. The number of carbonyl (C=O) groups is 1. The van der Waals surface area contributed by atoms with Crippen molar-refractivity contribution in [2.75, 3.05) is 18.1 Å². The van der Waals surface area contributed by atoms with Gasteiger partial charge in [0.2, 0.25) is 5.91 Å². The molecule has 148 valence electrons. The van der Waals surface area contributed by atoms with E-state index in [-0.39, 0.29) is 5.91 Å². The quantitative estimate of drug-likeness (QED) is 0.468. The molecule has 3 aromatic rings. The lowest BCUT2D eigenvalue weighted by Crippen LogP contribution is -2.31. The third-order valence-corrected chi connectivity index (χ3v) is 4.63. The summed E-state index contributed by atoms with van der Waals surface area (Å²) in [5.41, 5.74) is 3.09. The first-order chi connectivity index (χ1) is 14.3. The number of aryl methyl sites for hydroxylation is 1. The predicted octanol–water partition coefficient (Wildman–Crippen LogP) is 5.76. The Morgan fingerprint density at radius 3 is 2.28 bits per heavy atom. The number of rotatable bonds is 9. The zero-order chi connectivity index (χ0) is 20.3. The Hall–Kier alpha value is -3.33. The molecule has 0 radical (unpaired) electrons. The molecule has 0 spiro atoms.